The van der Waals surface area contributed by atoms with Crippen molar-refractivity contribution >= 4 is 17.8 Å². The summed E-state index contributed by atoms with van der Waals surface area (Å²) in [4.78, 5) is 25.1. The maximum atomic E-state index is 13.8. The number of carbonyl (C=O) groups excluding carboxylic acids is 2. The van der Waals surface area contributed by atoms with E-state index in [1.807, 2.05) is 0 Å². The second-order valence-corrected chi connectivity index (χ2v) is 6.20. The lowest BCUT2D eigenvalue weighted by Gasteiger charge is -2.09. The summed E-state index contributed by atoms with van der Waals surface area (Å²) in [6.45, 7) is 0. The highest BCUT2D eigenvalue weighted by molar-refractivity contribution is 6.09. The Bertz CT molecular complexity index is 1090. The first-order chi connectivity index (χ1) is 14.5. The Morgan fingerprint density at radius 2 is 1.60 bits per heavy atom. The lowest BCUT2D eigenvalue weighted by molar-refractivity contribution is 0.0733. The molecule has 0 unspecified atom stereocenters. The molecule has 0 bridgehead atoms. The second kappa shape index (κ2) is 9.52. The fourth-order valence-electron chi connectivity index (χ4n) is 2.73. The van der Waals surface area contributed by atoms with Crippen LogP contribution in [-0.2, 0) is 0 Å². The summed E-state index contributed by atoms with van der Waals surface area (Å²) in [7, 11) is 3.04. The fourth-order valence-corrected chi connectivity index (χ4v) is 2.73. The van der Waals surface area contributed by atoms with Crippen LogP contribution in [0.2, 0.25) is 0 Å². The number of benzene rings is 3. The molecule has 0 radical (unpaired) electrons. The van der Waals surface area contributed by atoms with E-state index in [2.05, 4.69) is 0 Å². The first kappa shape index (κ1) is 20.8. The average molecular weight is 406 g/mol. The largest absolute Gasteiger partial charge is 0.497 e. The molecule has 3 aromatic carbocycles. The molecule has 30 heavy (non-hydrogen) atoms. The van der Waals surface area contributed by atoms with E-state index in [9.17, 15) is 14.0 Å². The summed E-state index contributed by atoms with van der Waals surface area (Å²) in [6.07, 6.45) is 2.83. The number of hydrogen-bond acceptors (Lipinski definition) is 5. The van der Waals surface area contributed by atoms with Gasteiger partial charge < -0.3 is 14.2 Å². The van der Waals surface area contributed by atoms with Gasteiger partial charge >= 0.3 is 5.97 Å². The smallest absolute Gasteiger partial charge is 0.343 e. The molecule has 0 aliphatic heterocycles. The van der Waals surface area contributed by atoms with Crippen LogP contribution >= 0.6 is 0 Å². The minimum absolute atomic E-state index is 0.0353. The number of allylic oxidation sites excluding steroid dienone is 1. The van der Waals surface area contributed by atoms with Crippen LogP contribution < -0.4 is 14.2 Å². The van der Waals surface area contributed by atoms with Gasteiger partial charge in [0.2, 0.25) is 0 Å². The van der Waals surface area contributed by atoms with Crippen LogP contribution in [-0.4, -0.2) is 26.0 Å². The molecule has 0 N–H and O–H groups in total. The first-order valence-corrected chi connectivity index (χ1v) is 9.03. The van der Waals surface area contributed by atoms with Gasteiger partial charge in [0, 0.05) is 5.56 Å². The molecule has 3 rings (SSSR count). The Morgan fingerprint density at radius 1 is 0.867 bits per heavy atom. The van der Waals surface area contributed by atoms with E-state index < -0.39 is 17.6 Å². The third-order valence-corrected chi connectivity index (χ3v) is 4.29. The van der Waals surface area contributed by atoms with Gasteiger partial charge in [0.25, 0.3) is 0 Å². The number of methoxy groups -OCH3 is 2. The number of esters is 1. The van der Waals surface area contributed by atoms with Gasteiger partial charge in [-0.2, -0.15) is 0 Å². The molecule has 0 amide bonds. The minimum Gasteiger partial charge on any atom is -0.497 e. The predicted octanol–water partition coefficient (Wildman–Crippen LogP) is 4.96. The van der Waals surface area contributed by atoms with E-state index >= 15 is 0 Å². The van der Waals surface area contributed by atoms with Gasteiger partial charge in [-0.1, -0.05) is 18.2 Å². The minimum atomic E-state index is -0.674. The van der Waals surface area contributed by atoms with E-state index in [0.717, 1.165) is 12.1 Å². The third kappa shape index (κ3) is 4.91. The molecule has 0 aromatic heterocycles. The molecule has 0 aliphatic rings. The number of ketones is 1. The van der Waals surface area contributed by atoms with E-state index in [4.69, 9.17) is 14.2 Å². The van der Waals surface area contributed by atoms with Crippen molar-refractivity contribution in [3.8, 4) is 17.2 Å². The number of para-hydroxylation sites is 1. The van der Waals surface area contributed by atoms with Crippen LogP contribution in [0, 0.1) is 5.82 Å². The number of carbonyl (C=O) groups is 2. The Balaban J connectivity index is 1.84. The van der Waals surface area contributed by atoms with Crippen molar-refractivity contribution < 1.29 is 28.2 Å². The Labute approximate surface area is 173 Å². The maximum Gasteiger partial charge on any atom is 0.343 e. The Morgan fingerprint density at radius 3 is 2.30 bits per heavy atom. The zero-order valence-electron chi connectivity index (χ0n) is 16.4. The normalized spacial score (nSPS) is 10.6. The van der Waals surface area contributed by atoms with Gasteiger partial charge in [-0.3, -0.25) is 4.79 Å². The standard InChI is InChI=1S/C24H19FO5/c1-28-19-11-7-17(8-12-19)24(27)30-23-14-10-18(25)15-20(23)21(26)13-9-16-5-3-4-6-22(16)29-2/h3-15H,1-2H3. The number of hydrogen-bond donors (Lipinski definition) is 0. The lowest BCUT2D eigenvalue weighted by atomic mass is 10.1. The van der Waals surface area contributed by atoms with Crippen molar-refractivity contribution in [1.29, 1.82) is 0 Å². The van der Waals surface area contributed by atoms with Gasteiger partial charge in [-0.25, -0.2) is 9.18 Å². The number of ether oxygens (including phenoxy) is 3. The van der Waals surface area contributed by atoms with Crippen LogP contribution in [0.3, 0.4) is 0 Å². The van der Waals surface area contributed by atoms with Crippen LogP contribution in [0.1, 0.15) is 26.3 Å². The summed E-state index contributed by atoms with van der Waals surface area (Å²) in [6, 6.07) is 16.9. The van der Waals surface area contributed by atoms with E-state index in [-0.39, 0.29) is 16.9 Å². The molecule has 0 saturated heterocycles. The van der Waals surface area contributed by atoms with Crippen molar-refractivity contribution in [2.75, 3.05) is 14.2 Å². The molecule has 0 heterocycles. The average Bonchev–Trinajstić information content (AvgIpc) is 2.78. The van der Waals surface area contributed by atoms with Gasteiger partial charge in [0.15, 0.2) is 5.78 Å². The topological polar surface area (TPSA) is 61.8 Å². The second-order valence-electron chi connectivity index (χ2n) is 6.20. The summed E-state index contributed by atoms with van der Waals surface area (Å²) in [5.41, 5.74) is 0.882. The Hall–Kier alpha value is -3.93. The quantitative estimate of drug-likeness (QED) is 0.240. The van der Waals surface area contributed by atoms with Crippen LogP contribution in [0.25, 0.3) is 6.08 Å². The third-order valence-electron chi connectivity index (χ3n) is 4.29. The van der Waals surface area contributed by atoms with Gasteiger partial charge in [-0.05, 0) is 60.7 Å². The van der Waals surface area contributed by atoms with E-state index in [1.54, 1.807) is 42.5 Å². The highest BCUT2D eigenvalue weighted by atomic mass is 19.1. The van der Waals surface area contributed by atoms with E-state index in [1.165, 1.54) is 38.5 Å². The number of halogens is 1. The maximum absolute atomic E-state index is 13.8. The first-order valence-electron chi connectivity index (χ1n) is 9.03. The van der Waals surface area contributed by atoms with Crippen molar-refractivity contribution in [3.63, 3.8) is 0 Å². The summed E-state index contributed by atoms with van der Waals surface area (Å²) >= 11 is 0. The molecular formula is C24H19FO5. The molecule has 0 fully saturated rings. The molecule has 152 valence electrons. The van der Waals surface area contributed by atoms with E-state index in [0.29, 0.717) is 17.1 Å². The van der Waals surface area contributed by atoms with Gasteiger partial charge in [0.1, 0.15) is 23.1 Å². The predicted molar refractivity (Wildman–Crippen MR) is 111 cm³/mol. The lowest BCUT2D eigenvalue weighted by Crippen LogP contribution is -2.11. The molecule has 0 saturated carbocycles. The SMILES string of the molecule is COc1ccc(C(=O)Oc2ccc(F)cc2C(=O)C=Cc2ccccc2OC)cc1. The molecule has 3 aromatic rings. The highest BCUT2D eigenvalue weighted by Crippen LogP contribution is 2.24. The molecule has 0 spiro atoms. The monoisotopic (exact) mass is 406 g/mol. The zero-order valence-corrected chi connectivity index (χ0v) is 16.4. The Kier molecular flexibility index (Phi) is 6.60. The molecule has 0 aliphatic carbocycles. The summed E-state index contributed by atoms with van der Waals surface area (Å²) < 4.78 is 29.4. The van der Waals surface area contributed by atoms with Crippen molar-refractivity contribution in [1.82, 2.24) is 0 Å². The summed E-state index contributed by atoms with van der Waals surface area (Å²) in [5, 5.41) is 0. The molecule has 0 atom stereocenters. The number of rotatable bonds is 7. The fraction of sp³-hybridized carbons (Fsp3) is 0.0833. The molecular weight excluding hydrogens is 387 g/mol. The van der Waals surface area contributed by atoms with Crippen molar-refractivity contribution in [2.24, 2.45) is 0 Å². The van der Waals surface area contributed by atoms with Crippen molar-refractivity contribution in [2.45, 2.75) is 0 Å². The summed E-state index contributed by atoms with van der Waals surface area (Å²) in [5.74, 6) is -0.664. The van der Waals surface area contributed by atoms with Crippen LogP contribution in [0.15, 0.2) is 72.8 Å². The van der Waals surface area contributed by atoms with Gasteiger partial charge in [0.05, 0.1) is 25.3 Å². The van der Waals surface area contributed by atoms with Crippen LogP contribution in [0.4, 0.5) is 4.39 Å². The van der Waals surface area contributed by atoms with Crippen LogP contribution in [0.5, 0.6) is 17.2 Å². The van der Waals surface area contributed by atoms with Gasteiger partial charge in [-0.15, -0.1) is 0 Å². The highest BCUT2D eigenvalue weighted by Gasteiger charge is 2.16. The zero-order chi connectivity index (χ0) is 21.5. The molecule has 6 heteroatoms. The molecule has 5 nitrogen and oxygen atoms in total. The van der Waals surface area contributed by atoms with Crippen molar-refractivity contribution in [3.05, 3.63) is 95.3 Å².